The molecule has 1 aromatic heterocycles. The lowest BCUT2D eigenvalue weighted by molar-refractivity contribution is -0.123. The van der Waals surface area contributed by atoms with Gasteiger partial charge in [0.2, 0.25) is 0 Å². The van der Waals surface area contributed by atoms with Crippen molar-refractivity contribution >= 4 is 29.1 Å². The molecule has 7 heteroatoms. The number of hydrogen-bond donors (Lipinski definition) is 1. The summed E-state index contributed by atoms with van der Waals surface area (Å²) in [7, 11) is 0. The third-order valence-corrected chi connectivity index (χ3v) is 4.95. The van der Waals surface area contributed by atoms with Crippen LogP contribution >= 0.6 is 23.2 Å². The Bertz CT molecular complexity index is 971. The molecule has 0 atom stereocenters. The lowest BCUT2D eigenvalue weighted by Gasteiger charge is -2.10. The van der Waals surface area contributed by atoms with Crippen molar-refractivity contribution in [2.45, 2.75) is 26.9 Å². The number of halogens is 2. The van der Waals surface area contributed by atoms with Gasteiger partial charge in [0, 0.05) is 22.8 Å². The van der Waals surface area contributed by atoms with Gasteiger partial charge in [-0.3, -0.25) is 9.48 Å². The number of aryl methyl sites for hydroxylation is 1. The van der Waals surface area contributed by atoms with Crippen LogP contribution in [0.5, 0.6) is 5.75 Å². The highest BCUT2D eigenvalue weighted by molar-refractivity contribution is 6.35. The SMILES string of the molecule is Cc1nn(Cc2ccccc2)c(C)c1CNC(=O)COc1ccc(Cl)cc1Cl. The second-order valence-corrected chi connectivity index (χ2v) is 7.28. The van der Waals surface area contributed by atoms with Crippen LogP contribution in [0.25, 0.3) is 0 Å². The van der Waals surface area contributed by atoms with Gasteiger partial charge in [-0.05, 0) is 37.6 Å². The molecule has 0 aliphatic heterocycles. The Kier molecular flexibility index (Phi) is 6.60. The monoisotopic (exact) mass is 417 g/mol. The van der Waals surface area contributed by atoms with E-state index < -0.39 is 0 Å². The Morgan fingerprint density at radius 2 is 1.89 bits per heavy atom. The van der Waals surface area contributed by atoms with Gasteiger partial charge in [0.15, 0.2) is 6.61 Å². The molecule has 28 heavy (non-hydrogen) atoms. The molecule has 0 fully saturated rings. The molecule has 1 heterocycles. The summed E-state index contributed by atoms with van der Waals surface area (Å²) in [4.78, 5) is 12.2. The molecule has 0 spiro atoms. The number of hydrogen-bond acceptors (Lipinski definition) is 3. The second kappa shape index (κ2) is 9.13. The zero-order chi connectivity index (χ0) is 20.1. The number of ether oxygens (including phenoxy) is 1. The summed E-state index contributed by atoms with van der Waals surface area (Å²) in [6.07, 6.45) is 0. The minimum Gasteiger partial charge on any atom is -0.482 e. The molecule has 3 aromatic rings. The van der Waals surface area contributed by atoms with E-state index in [-0.39, 0.29) is 12.5 Å². The summed E-state index contributed by atoms with van der Waals surface area (Å²) in [5.74, 6) is 0.185. The molecule has 0 bridgehead atoms. The molecule has 0 unspecified atom stereocenters. The molecular formula is C21H21Cl2N3O2. The quantitative estimate of drug-likeness (QED) is 0.613. The Morgan fingerprint density at radius 3 is 2.61 bits per heavy atom. The maximum atomic E-state index is 12.2. The first kappa shape index (κ1) is 20.2. The van der Waals surface area contributed by atoms with E-state index in [9.17, 15) is 4.79 Å². The van der Waals surface area contributed by atoms with Gasteiger partial charge < -0.3 is 10.1 Å². The number of aromatic nitrogens is 2. The molecule has 0 radical (unpaired) electrons. The molecule has 5 nitrogen and oxygen atoms in total. The van der Waals surface area contributed by atoms with Crippen LogP contribution in [-0.4, -0.2) is 22.3 Å². The Balaban J connectivity index is 1.57. The van der Waals surface area contributed by atoms with Crippen molar-refractivity contribution in [3.63, 3.8) is 0 Å². The normalized spacial score (nSPS) is 10.7. The van der Waals surface area contributed by atoms with Gasteiger partial charge in [0.25, 0.3) is 5.91 Å². The standard InChI is InChI=1S/C21H21Cl2N3O2/c1-14-18(15(2)26(25-14)12-16-6-4-3-5-7-16)11-24-21(27)13-28-20-9-8-17(22)10-19(20)23/h3-10H,11-13H2,1-2H3,(H,24,27). The summed E-state index contributed by atoms with van der Waals surface area (Å²) in [5, 5.41) is 8.36. The maximum absolute atomic E-state index is 12.2. The van der Waals surface area contributed by atoms with E-state index in [1.54, 1.807) is 18.2 Å². The number of nitrogens with zero attached hydrogens (tertiary/aromatic N) is 2. The zero-order valence-corrected chi connectivity index (χ0v) is 17.2. The summed E-state index contributed by atoms with van der Waals surface area (Å²) in [6, 6.07) is 15.0. The fourth-order valence-electron chi connectivity index (χ4n) is 2.87. The molecular weight excluding hydrogens is 397 g/mol. The topological polar surface area (TPSA) is 56.2 Å². The molecule has 1 amide bonds. The van der Waals surface area contributed by atoms with Gasteiger partial charge in [-0.15, -0.1) is 0 Å². The van der Waals surface area contributed by atoms with Crippen LogP contribution in [0, 0.1) is 13.8 Å². The highest BCUT2D eigenvalue weighted by atomic mass is 35.5. The highest BCUT2D eigenvalue weighted by Crippen LogP contribution is 2.27. The van der Waals surface area contributed by atoms with Crippen molar-refractivity contribution in [2.75, 3.05) is 6.61 Å². The Hall–Kier alpha value is -2.50. The van der Waals surface area contributed by atoms with Crippen molar-refractivity contribution in [1.29, 1.82) is 0 Å². The summed E-state index contributed by atoms with van der Waals surface area (Å²) < 4.78 is 7.42. The summed E-state index contributed by atoms with van der Waals surface area (Å²) in [5.41, 5.74) is 4.12. The minimum absolute atomic E-state index is 0.127. The predicted octanol–water partition coefficient (Wildman–Crippen LogP) is 4.55. The van der Waals surface area contributed by atoms with Gasteiger partial charge in [-0.2, -0.15) is 5.10 Å². The fraction of sp³-hybridized carbons (Fsp3) is 0.238. The van der Waals surface area contributed by atoms with Crippen LogP contribution < -0.4 is 10.1 Å². The fourth-order valence-corrected chi connectivity index (χ4v) is 3.34. The number of rotatable bonds is 7. The van der Waals surface area contributed by atoms with Crippen molar-refractivity contribution in [3.05, 3.63) is 81.1 Å². The van der Waals surface area contributed by atoms with E-state index in [4.69, 9.17) is 27.9 Å². The first-order valence-electron chi connectivity index (χ1n) is 8.85. The van der Waals surface area contributed by atoms with Crippen LogP contribution in [0.15, 0.2) is 48.5 Å². The average molecular weight is 418 g/mol. The second-order valence-electron chi connectivity index (χ2n) is 6.43. The van der Waals surface area contributed by atoms with Gasteiger partial charge in [-0.25, -0.2) is 0 Å². The van der Waals surface area contributed by atoms with E-state index in [0.29, 0.717) is 28.9 Å². The van der Waals surface area contributed by atoms with Crippen LogP contribution in [0.1, 0.15) is 22.5 Å². The van der Waals surface area contributed by atoms with Crippen LogP contribution in [-0.2, 0) is 17.9 Å². The smallest absolute Gasteiger partial charge is 0.258 e. The largest absolute Gasteiger partial charge is 0.482 e. The van der Waals surface area contributed by atoms with Crippen molar-refractivity contribution in [1.82, 2.24) is 15.1 Å². The Labute approximate surface area is 174 Å². The zero-order valence-electron chi connectivity index (χ0n) is 15.7. The minimum atomic E-state index is -0.236. The van der Waals surface area contributed by atoms with Crippen LogP contribution in [0.2, 0.25) is 10.0 Å². The van der Waals surface area contributed by atoms with E-state index in [1.165, 1.54) is 5.56 Å². The van der Waals surface area contributed by atoms with E-state index in [1.807, 2.05) is 36.7 Å². The lowest BCUT2D eigenvalue weighted by atomic mass is 10.2. The molecule has 146 valence electrons. The Morgan fingerprint density at radius 1 is 1.14 bits per heavy atom. The summed E-state index contributed by atoms with van der Waals surface area (Å²) >= 11 is 11.9. The van der Waals surface area contributed by atoms with E-state index in [2.05, 4.69) is 22.5 Å². The number of nitrogens with one attached hydrogen (secondary N) is 1. The molecule has 0 aliphatic rings. The van der Waals surface area contributed by atoms with Crippen molar-refractivity contribution in [2.24, 2.45) is 0 Å². The lowest BCUT2D eigenvalue weighted by Crippen LogP contribution is -2.28. The number of benzene rings is 2. The number of carbonyl (C=O) groups excluding carboxylic acids is 1. The van der Waals surface area contributed by atoms with Gasteiger partial charge >= 0.3 is 0 Å². The first-order chi connectivity index (χ1) is 13.4. The van der Waals surface area contributed by atoms with Crippen molar-refractivity contribution in [3.8, 4) is 5.75 Å². The number of carbonyl (C=O) groups is 1. The molecule has 0 aliphatic carbocycles. The number of amides is 1. The van der Waals surface area contributed by atoms with Crippen LogP contribution in [0.3, 0.4) is 0 Å². The van der Waals surface area contributed by atoms with E-state index in [0.717, 1.165) is 17.0 Å². The molecule has 0 saturated heterocycles. The molecule has 0 saturated carbocycles. The summed E-state index contributed by atoms with van der Waals surface area (Å²) in [6.45, 7) is 4.91. The third-order valence-electron chi connectivity index (χ3n) is 4.42. The maximum Gasteiger partial charge on any atom is 0.258 e. The molecule has 1 N–H and O–H groups in total. The first-order valence-corrected chi connectivity index (χ1v) is 9.61. The molecule has 3 rings (SSSR count). The van der Waals surface area contributed by atoms with Crippen molar-refractivity contribution < 1.29 is 9.53 Å². The highest BCUT2D eigenvalue weighted by Gasteiger charge is 2.13. The van der Waals surface area contributed by atoms with Gasteiger partial charge in [0.05, 0.1) is 17.3 Å². The average Bonchev–Trinajstić information content (AvgIpc) is 2.93. The predicted molar refractivity (Wildman–Crippen MR) is 111 cm³/mol. The van der Waals surface area contributed by atoms with Gasteiger partial charge in [0.1, 0.15) is 5.75 Å². The van der Waals surface area contributed by atoms with Gasteiger partial charge in [-0.1, -0.05) is 53.5 Å². The van der Waals surface area contributed by atoms with Crippen LogP contribution in [0.4, 0.5) is 0 Å². The third kappa shape index (κ3) is 5.06. The molecule has 2 aromatic carbocycles. The van der Waals surface area contributed by atoms with E-state index >= 15 is 0 Å².